The van der Waals surface area contributed by atoms with E-state index in [0.717, 1.165) is 41.8 Å². The lowest BCUT2D eigenvalue weighted by Gasteiger charge is -2.09. The van der Waals surface area contributed by atoms with Crippen LogP contribution in [0.2, 0.25) is 0 Å². The van der Waals surface area contributed by atoms with Crippen molar-refractivity contribution in [2.45, 2.75) is 19.4 Å². The maximum absolute atomic E-state index is 11.9. The van der Waals surface area contributed by atoms with Crippen molar-refractivity contribution < 1.29 is 14.3 Å². The number of ether oxygens (including phenoxy) is 2. The Labute approximate surface area is 127 Å². The van der Waals surface area contributed by atoms with E-state index in [0.29, 0.717) is 12.5 Å². The highest BCUT2D eigenvalue weighted by Gasteiger charge is 2.15. The van der Waals surface area contributed by atoms with Gasteiger partial charge in [0.15, 0.2) is 0 Å². The van der Waals surface area contributed by atoms with Crippen molar-refractivity contribution in [1.29, 1.82) is 0 Å². The molecule has 2 aromatic rings. The number of hydrogen-bond donors (Lipinski definition) is 1. The van der Waals surface area contributed by atoms with Crippen LogP contribution in [-0.2, 0) is 13.0 Å². The number of benzene rings is 1. The molecule has 1 aliphatic heterocycles. The third-order valence-corrected chi connectivity index (χ3v) is 4.08. The number of methoxy groups -OCH3 is 1. The molecule has 1 aliphatic rings. The van der Waals surface area contributed by atoms with E-state index in [-0.39, 0.29) is 5.91 Å². The summed E-state index contributed by atoms with van der Waals surface area (Å²) in [6.45, 7) is 1.13. The maximum Gasteiger partial charge on any atom is 0.251 e. The SMILES string of the molecule is COc1nscc1COc1ccc2c(c1)CCCNC2=O. The van der Waals surface area contributed by atoms with E-state index in [1.54, 1.807) is 7.11 Å². The maximum atomic E-state index is 11.9. The predicted octanol–water partition coefficient (Wildman–Crippen LogP) is 2.41. The number of amides is 1. The Morgan fingerprint density at radius 1 is 1.43 bits per heavy atom. The number of aromatic nitrogens is 1. The van der Waals surface area contributed by atoms with Gasteiger partial charge in [-0.2, -0.15) is 4.37 Å². The smallest absolute Gasteiger partial charge is 0.251 e. The lowest BCUT2D eigenvalue weighted by molar-refractivity contribution is 0.0956. The topological polar surface area (TPSA) is 60.5 Å². The summed E-state index contributed by atoms with van der Waals surface area (Å²) in [5.41, 5.74) is 2.71. The lowest BCUT2D eigenvalue weighted by Crippen LogP contribution is -2.22. The van der Waals surface area contributed by atoms with E-state index in [4.69, 9.17) is 9.47 Å². The molecular weight excluding hydrogens is 288 g/mol. The first-order chi connectivity index (χ1) is 10.3. The van der Waals surface area contributed by atoms with Crippen LogP contribution in [0.25, 0.3) is 0 Å². The van der Waals surface area contributed by atoms with Gasteiger partial charge < -0.3 is 14.8 Å². The minimum absolute atomic E-state index is 0.00208. The van der Waals surface area contributed by atoms with Gasteiger partial charge in [-0.3, -0.25) is 4.79 Å². The third-order valence-electron chi connectivity index (χ3n) is 3.42. The van der Waals surface area contributed by atoms with E-state index in [1.807, 2.05) is 23.6 Å². The van der Waals surface area contributed by atoms with Crippen molar-refractivity contribution in [2.24, 2.45) is 0 Å². The molecule has 5 nitrogen and oxygen atoms in total. The molecule has 0 saturated carbocycles. The first-order valence-corrected chi connectivity index (χ1v) is 7.63. The summed E-state index contributed by atoms with van der Waals surface area (Å²) in [5.74, 6) is 1.36. The van der Waals surface area contributed by atoms with Crippen molar-refractivity contribution in [3.63, 3.8) is 0 Å². The van der Waals surface area contributed by atoms with Gasteiger partial charge in [0.05, 0.1) is 12.7 Å². The minimum Gasteiger partial charge on any atom is -0.489 e. The largest absolute Gasteiger partial charge is 0.489 e. The Morgan fingerprint density at radius 2 is 2.33 bits per heavy atom. The number of carbonyl (C=O) groups is 1. The number of nitrogens with zero attached hydrogens (tertiary/aromatic N) is 1. The predicted molar refractivity (Wildman–Crippen MR) is 80.1 cm³/mol. The fraction of sp³-hybridized carbons (Fsp3) is 0.333. The Kier molecular flexibility index (Phi) is 4.06. The zero-order valence-electron chi connectivity index (χ0n) is 11.7. The average Bonchev–Trinajstić information content (AvgIpc) is 2.89. The van der Waals surface area contributed by atoms with Crippen LogP contribution in [0.5, 0.6) is 11.6 Å². The van der Waals surface area contributed by atoms with Gasteiger partial charge >= 0.3 is 0 Å². The van der Waals surface area contributed by atoms with Crippen molar-refractivity contribution in [1.82, 2.24) is 9.69 Å². The summed E-state index contributed by atoms with van der Waals surface area (Å²) in [5, 5.41) is 4.80. The number of aryl methyl sites for hydroxylation is 1. The second-order valence-corrected chi connectivity index (χ2v) is 5.45. The molecular formula is C15H16N2O3S. The Hall–Kier alpha value is -2.08. The molecule has 0 atom stereocenters. The van der Waals surface area contributed by atoms with Crippen molar-refractivity contribution in [3.8, 4) is 11.6 Å². The van der Waals surface area contributed by atoms with Crippen molar-refractivity contribution >= 4 is 17.4 Å². The van der Waals surface area contributed by atoms with Gasteiger partial charge in [0.1, 0.15) is 12.4 Å². The summed E-state index contributed by atoms with van der Waals surface area (Å²) in [6, 6.07) is 5.61. The lowest BCUT2D eigenvalue weighted by atomic mass is 10.0. The normalized spacial score (nSPS) is 14.0. The standard InChI is InChI=1S/C15H16N2O3S/c1-19-15-11(9-21-17-15)8-20-12-4-5-13-10(7-12)3-2-6-16-14(13)18/h4-5,7,9H,2-3,6,8H2,1H3,(H,16,18). The molecule has 6 heteroatoms. The summed E-state index contributed by atoms with van der Waals surface area (Å²) >= 11 is 1.34. The van der Waals surface area contributed by atoms with E-state index in [9.17, 15) is 4.79 Å². The van der Waals surface area contributed by atoms with E-state index < -0.39 is 0 Å². The van der Waals surface area contributed by atoms with Crippen LogP contribution >= 0.6 is 11.5 Å². The van der Waals surface area contributed by atoms with Gasteiger partial charge in [-0.15, -0.1) is 0 Å². The molecule has 110 valence electrons. The number of nitrogens with one attached hydrogen (secondary N) is 1. The molecule has 0 bridgehead atoms. The molecule has 1 aromatic heterocycles. The van der Waals surface area contributed by atoms with Crippen molar-refractivity contribution in [3.05, 3.63) is 40.3 Å². The number of carbonyl (C=O) groups excluding carboxylic acids is 1. The van der Waals surface area contributed by atoms with Crippen LogP contribution in [0.15, 0.2) is 23.6 Å². The highest BCUT2D eigenvalue weighted by atomic mass is 32.1. The molecule has 0 radical (unpaired) electrons. The van der Waals surface area contributed by atoms with Gasteiger partial charge in [-0.1, -0.05) is 0 Å². The molecule has 1 N–H and O–H groups in total. The summed E-state index contributed by atoms with van der Waals surface area (Å²) in [4.78, 5) is 11.9. The molecule has 2 heterocycles. The van der Waals surface area contributed by atoms with Crippen LogP contribution in [0.4, 0.5) is 0 Å². The molecule has 0 saturated heterocycles. The van der Waals surface area contributed by atoms with E-state index >= 15 is 0 Å². The van der Waals surface area contributed by atoms with Crippen LogP contribution in [0.3, 0.4) is 0 Å². The summed E-state index contributed by atoms with van der Waals surface area (Å²) in [7, 11) is 1.60. The second-order valence-electron chi connectivity index (χ2n) is 4.82. The number of fused-ring (bicyclic) bond motifs is 1. The monoisotopic (exact) mass is 304 g/mol. The first-order valence-electron chi connectivity index (χ1n) is 6.79. The van der Waals surface area contributed by atoms with Crippen LogP contribution in [-0.4, -0.2) is 23.9 Å². The fourth-order valence-corrected chi connectivity index (χ4v) is 2.97. The molecule has 0 fully saturated rings. The van der Waals surface area contributed by atoms with Gasteiger partial charge in [0.2, 0.25) is 5.88 Å². The Balaban J connectivity index is 1.75. The van der Waals surface area contributed by atoms with Crippen LogP contribution < -0.4 is 14.8 Å². The Morgan fingerprint density at radius 3 is 3.19 bits per heavy atom. The van der Waals surface area contributed by atoms with Crippen LogP contribution in [0.1, 0.15) is 27.9 Å². The molecule has 3 rings (SSSR count). The van der Waals surface area contributed by atoms with E-state index in [1.165, 1.54) is 11.5 Å². The highest BCUT2D eigenvalue weighted by molar-refractivity contribution is 7.03. The molecule has 0 aliphatic carbocycles. The van der Waals surface area contributed by atoms with Gasteiger partial charge in [-0.05, 0) is 48.1 Å². The van der Waals surface area contributed by atoms with Crippen LogP contribution in [0, 0.1) is 0 Å². The van der Waals surface area contributed by atoms with Gasteiger partial charge in [0.25, 0.3) is 5.91 Å². The number of hydrogen-bond acceptors (Lipinski definition) is 5. The zero-order chi connectivity index (χ0) is 14.7. The first kappa shape index (κ1) is 13.9. The zero-order valence-corrected chi connectivity index (χ0v) is 12.5. The van der Waals surface area contributed by atoms with E-state index in [2.05, 4.69) is 9.69 Å². The Bertz CT molecular complexity index is 654. The van der Waals surface area contributed by atoms with Gasteiger partial charge in [0, 0.05) is 17.5 Å². The summed E-state index contributed by atoms with van der Waals surface area (Å²) in [6.07, 6.45) is 1.83. The fourth-order valence-electron chi connectivity index (χ4n) is 2.34. The average molecular weight is 304 g/mol. The molecule has 21 heavy (non-hydrogen) atoms. The van der Waals surface area contributed by atoms with Crippen molar-refractivity contribution in [2.75, 3.05) is 13.7 Å². The quantitative estimate of drug-likeness (QED) is 0.942. The molecule has 0 unspecified atom stereocenters. The molecule has 0 spiro atoms. The highest BCUT2D eigenvalue weighted by Crippen LogP contribution is 2.24. The second kappa shape index (κ2) is 6.13. The summed E-state index contributed by atoms with van der Waals surface area (Å²) < 4.78 is 15.1. The number of rotatable bonds is 4. The molecule has 1 amide bonds. The minimum atomic E-state index is -0.00208. The van der Waals surface area contributed by atoms with Gasteiger partial charge in [-0.25, -0.2) is 0 Å². The molecule has 1 aromatic carbocycles. The third kappa shape index (κ3) is 3.00.